The van der Waals surface area contributed by atoms with Crippen molar-refractivity contribution >= 4 is 17.9 Å². The van der Waals surface area contributed by atoms with Crippen LogP contribution in [0.15, 0.2) is 66.7 Å². The smallest absolute Gasteiger partial charge is 0.171 e. The molecule has 0 amide bonds. The molecule has 1 nitrogen and oxygen atoms in total. The molecule has 1 heteroatoms. The molecule has 1 unspecified atom stereocenters. The monoisotopic (exact) mass is 336 g/mol. The lowest BCUT2D eigenvalue weighted by Gasteiger charge is -2.27. The van der Waals surface area contributed by atoms with Crippen molar-refractivity contribution in [3.05, 3.63) is 93.9 Å². The van der Waals surface area contributed by atoms with Crippen molar-refractivity contribution in [1.82, 2.24) is 0 Å². The molecular formula is C25H20O. The Morgan fingerprint density at radius 1 is 0.769 bits per heavy atom. The highest BCUT2D eigenvalue weighted by Gasteiger charge is 2.32. The summed E-state index contributed by atoms with van der Waals surface area (Å²) in [6, 6.07) is 23.1. The molecule has 3 aromatic rings. The molecule has 26 heavy (non-hydrogen) atoms. The van der Waals surface area contributed by atoms with Crippen LogP contribution in [0.2, 0.25) is 0 Å². The Morgan fingerprint density at radius 2 is 1.54 bits per heavy atom. The zero-order valence-corrected chi connectivity index (χ0v) is 14.6. The van der Waals surface area contributed by atoms with Crippen molar-refractivity contribution < 1.29 is 4.79 Å². The largest absolute Gasteiger partial charge is 0.293 e. The number of benzene rings is 3. The number of rotatable bonds is 2. The molecule has 126 valence electrons. The third-order valence-corrected chi connectivity index (χ3v) is 5.63. The maximum atomic E-state index is 13.6. The zero-order chi connectivity index (χ0) is 17.5. The summed E-state index contributed by atoms with van der Waals surface area (Å²) in [4.78, 5) is 13.6. The van der Waals surface area contributed by atoms with Gasteiger partial charge in [0.2, 0.25) is 0 Å². The van der Waals surface area contributed by atoms with Crippen molar-refractivity contribution in [2.24, 2.45) is 0 Å². The van der Waals surface area contributed by atoms with Crippen molar-refractivity contribution in [2.45, 2.75) is 25.2 Å². The van der Waals surface area contributed by atoms with Crippen LogP contribution in [-0.2, 0) is 6.42 Å². The number of fused-ring (bicyclic) bond motifs is 5. The number of carbonyl (C=O) groups is 1. The van der Waals surface area contributed by atoms with Crippen LogP contribution in [-0.4, -0.2) is 5.78 Å². The van der Waals surface area contributed by atoms with E-state index in [-0.39, 0.29) is 11.7 Å². The summed E-state index contributed by atoms with van der Waals surface area (Å²) in [7, 11) is 0. The van der Waals surface area contributed by atoms with E-state index in [0.29, 0.717) is 0 Å². The maximum Gasteiger partial charge on any atom is 0.171 e. The number of hydrogen-bond acceptors (Lipinski definition) is 1. The van der Waals surface area contributed by atoms with E-state index in [1.165, 1.54) is 16.3 Å². The van der Waals surface area contributed by atoms with Crippen molar-refractivity contribution in [1.29, 1.82) is 0 Å². The summed E-state index contributed by atoms with van der Waals surface area (Å²) in [6.07, 6.45) is 7.34. The Balaban J connectivity index is 1.75. The van der Waals surface area contributed by atoms with Gasteiger partial charge >= 0.3 is 0 Å². The van der Waals surface area contributed by atoms with Crippen LogP contribution < -0.4 is 10.4 Å². The lowest BCUT2D eigenvalue weighted by Crippen LogP contribution is -2.37. The van der Waals surface area contributed by atoms with E-state index in [1.807, 2.05) is 24.3 Å². The molecule has 0 heterocycles. The van der Waals surface area contributed by atoms with Gasteiger partial charge < -0.3 is 0 Å². The van der Waals surface area contributed by atoms with E-state index in [4.69, 9.17) is 0 Å². The average Bonchev–Trinajstić information content (AvgIpc) is 2.71. The van der Waals surface area contributed by atoms with Crippen LogP contribution in [0.1, 0.15) is 40.2 Å². The summed E-state index contributed by atoms with van der Waals surface area (Å²) < 4.78 is 0. The molecule has 0 spiro atoms. The number of hydrogen-bond donors (Lipinski definition) is 0. The minimum absolute atomic E-state index is 0.108. The van der Waals surface area contributed by atoms with Gasteiger partial charge in [0.05, 0.1) is 5.92 Å². The van der Waals surface area contributed by atoms with Gasteiger partial charge in [0, 0.05) is 5.56 Å². The SMILES string of the molecule is O=C1c2c(ccc3c2=CCCC=3)-c2ccccc2C1Cc1ccccc1. The summed E-state index contributed by atoms with van der Waals surface area (Å²) >= 11 is 0. The third kappa shape index (κ3) is 2.35. The second-order valence-corrected chi connectivity index (χ2v) is 7.17. The molecular weight excluding hydrogens is 316 g/mol. The first-order valence-corrected chi connectivity index (χ1v) is 9.34. The van der Waals surface area contributed by atoms with Gasteiger partial charge in [-0.25, -0.2) is 0 Å². The van der Waals surface area contributed by atoms with Crippen molar-refractivity contribution in [3.8, 4) is 11.1 Å². The van der Waals surface area contributed by atoms with Gasteiger partial charge in [-0.2, -0.15) is 0 Å². The summed E-state index contributed by atoms with van der Waals surface area (Å²) in [6.45, 7) is 0. The lowest BCUT2D eigenvalue weighted by molar-refractivity contribution is 0.0956. The first-order valence-electron chi connectivity index (χ1n) is 9.34. The topological polar surface area (TPSA) is 17.1 Å². The predicted octanol–water partition coefficient (Wildman–Crippen LogP) is 4.23. The van der Waals surface area contributed by atoms with Crippen LogP contribution in [0.4, 0.5) is 0 Å². The molecule has 0 N–H and O–H groups in total. The Kier molecular flexibility index (Phi) is 3.60. The van der Waals surface area contributed by atoms with Gasteiger partial charge in [0.1, 0.15) is 0 Å². The van der Waals surface area contributed by atoms with Gasteiger partial charge in [0.15, 0.2) is 5.78 Å². The molecule has 0 saturated heterocycles. The third-order valence-electron chi connectivity index (χ3n) is 5.63. The summed E-state index contributed by atoms with van der Waals surface area (Å²) in [5.74, 6) is 0.161. The first kappa shape index (κ1) is 15.3. The van der Waals surface area contributed by atoms with Crippen LogP contribution in [0.25, 0.3) is 23.3 Å². The Bertz CT molecular complexity index is 1120. The molecule has 5 rings (SSSR count). The Hall–Kier alpha value is -2.93. The molecule has 0 radical (unpaired) electrons. The number of ketones is 1. The van der Waals surface area contributed by atoms with E-state index in [2.05, 4.69) is 54.6 Å². The normalized spacial score (nSPS) is 17.4. The van der Waals surface area contributed by atoms with E-state index >= 15 is 0 Å². The van der Waals surface area contributed by atoms with E-state index in [1.54, 1.807) is 0 Å². The zero-order valence-electron chi connectivity index (χ0n) is 14.6. The average molecular weight is 336 g/mol. The van der Waals surface area contributed by atoms with Gasteiger partial charge in [-0.3, -0.25) is 4.79 Å². The van der Waals surface area contributed by atoms with Crippen LogP contribution in [0.3, 0.4) is 0 Å². The first-order chi connectivity index (χ1) is 12.8. The lowest BCUT2D eigenvalue weighted by atomic mass is 9.74. The minimum Gasteiger partial charge on any atom is -0.293 e. The number of Topliss-reactive ketones (excluding diaryl/α,β-unsaturated/α-hetero) is 1. The number of carbonyl (C=O) groups excluding carboxylic acids is 1. The van der Waals surface area contributed by atoms with Gasteiger partial charge in [0.25, 0.3) is 0 Å². The van der Waals surface area contributed by atoms with E-state index in [0.717, 1.165) is 41.2 Å². The predicted molar refractivity (Wildman–Crippen MR) is 107 cm³/mol. The van der Waals surface area contributed by atoms with Gasteiger partial charge in [-0.15, -0.1) is 0 Å². The Labute approximate surface area is 153 Å². The molecule has 0 aliphatic heterocycles. The molecule has 0 fully saturated rings. The maximum absolute atomic E-state index is 13.6. The van der Waals surface area contributed by atoms with E-state index < -0.39 is 0 Å². The molecule has 0 bridgehead atoms. The van der Waals surface area contributed by atoms with E-state index in [9.17, 15) is 4.79 Å². The molecule has 2 aliphatic carbocycles. The van der Waals surface area contributed by atoms with Crippen molar-refractivity contribution in [3.63, 3.8) is 0 Å². The van der Waals surface area contributed by atoms with Crippen LogP contribution in [0, 0.1) is 0 Å². The van der Waals surface area contributed by atoms with Crippen LogP contribution in [0.5, 0.6) is 0 Å². The summed E-state index contributed by atoms with van der Waals surface area (Å²) in [5.41, 5.74) is 5.61. The highest BCUT2D eigenvalue weighted by atomic mass is 16.1. The fraction of sp³-hybridized carbons (Fsp3) is 0.160. The van der Waals surface area contributed by atoms with Crippen molar-refractivity contribution in [2.75, 3.05) is 0 Å². The molecule has 0 aromatic heterocycles. The fourth-order valence-corrected chi connectivity index (χ4v) is 4.40. The molecule has 3 aromatic carbocycles. The highest BCUT2D eigenvalue weighted by molar-refractivity contribution is 6.10. The van der Waals surface area contributed by atoms with Crippen LogP contribution >= 0.6 is 0 Å². The minimum atomic E-state index is -0.108. The molecule has 2 aliphatic rings. The second-order valence-electron chi connectivity index (χ2n) is 7.17. The van der Waals surface area contributed by atoms with Gasteiger partial charge in [-0.1, -0.05) is 78.9 Å². The summed E-state index contributed by atoms with van der Waals surface area (Å²) in [5, 5.41) is 2.35. The van der Waals surface area contributed by atoms with Gasteiger partial charge in [-0.05, 0) is 52.0 Å². The molecule has 0 saturated carbocycles. The molecule has 1 atom stereocenters. The fourth-order valence-electron chi connectivity index (χ4n) is 4.40. The quantitative estimate of drug-likeness (QED) is 0.684. The highest BCUT2D eigenvalue weighted by Crippen LogP contribution is 2.39. The Morgan fingerprint density at radius 3 is 2.42 bits per heavy atom. The standard InChI is InChI=1S/C25H20O/c26-25-23(16-17-8-2-1-3-9-17)21-13-7-6-12-20(21)22-15-14-18-10-4-5-11-19(18)24(22)25/h1-3,6-15,23H,4-5,16H2. The second kappa shape index (κ2) is 6.10.